The molecule has 1 aliphatic rings. The van der Waals surface area contributed by atoms with E-state index >= 15 is 0 Å². The summed E-state index contributed by atoms with van der Waals surface area (Å²) in [5, 5.41) is 27.3. The van der Waals surface area contributed by atoms with Crippen LogP contribution in [-0.2, 0) is 65.6 Å². The highest BCUT2D eigenvalue weighted by Crippen LogP contribution is 2.20. The summed E-state index contributed by atoms with van der Waals surface area (Å²) in [6.07, 6.45) is -1.24. The lowest BCUT2D eigenvalue weighted by molar-refractivity contribution is -0.142. The van der Waals surface area contributed by atoms with Gasteiger partial charge >= 0.3 is 0 Å². The number of aromatic hydroxyl groups is 1. The molecule has 0 aliphatic carbocycles. The Balaban J connectivity index is 1.85. The summed E-state index contributed by atoms with van der Waals surface area (Å²) in [5.74, 6) is -9.93. The maximum atomic E-state index is 14.2. The summed E-state index contributed by atoms with van der Waals surface area (Å²) in [5.41, 5.74) is 27.9. The fourth-order valence-electron chi connectivity index (χ4n) is 7.59. The topological polar surface area (TPSA) is 438 Å². The van der Waals surface area contributed by atoms with E-state index in [0.717, 1.165) is 0 Å². The van der Waals surface area contributed by atoms with Crippen molar-refractivity contribution >= 4 is 96.2 Å². The van der Waals surface area contributed by atoms with Crippen LogP contribution in [-0.4, -0.2) is 154 Å². The van der Waals surface area contributed by atoms with E-state index in [1.54, 1.807) is 42.5 Å². The zero-order valence-electron chi connectivity index (χ0n) is 40.5. The number of likely N-dealkylation sites (tertiary alicyclic amines) is 1. The molecule has 74 heavy (non-hydrogen) atoms. The van der Waals surface area contributed by atoms with Crippen LogP contribution in [0, 0.1) is 0 Å². The van der Waals surface area contributed by atoms with E-state index in [1.807, 2.05) is 0 Å². The van der Waals surface area contributed by atoms with Gasteiger partial charge in [0.1, 0.15) is 48.0 Å². The standard InChI is InChI=1S/C46H66N14O12S2/c47-35(62)15-14-29(55-42(69)31(20-25-6-2-1-3-7-25)57-41(68)30(54-38(65)16-19-73)21-26-10-12-27(61)13-11-26)40(67)58-32(22-36(48)63)43(70)59-33(24-74)45(72)60-18-5-9-34(60)44(71)56-28(8-4-17-52-46(50)51)39(66)53-23-37(49)64/h1-3,6-7,10-13,28-34,61,73-74H,4-5,8-9,14-24H2,(H2,47,62)(H2,48,63)(H2,49,64)(H,53,66)(H,54,65)(H,55,69)(H,56,71)(H,57,68)(H,58,67)(H,59,70)(H4,50,51,52). The molecule has 0 saturated carbocycles. The number of nitrogens with zero attached hydrogens (tertiary/aromatic N) is 2. The number of hydrogen-bond donors (Lipinski definition) is 15. The van der Waals surface area contributed by atoms with Gasteiger partial charge in [-0.3, -0.25) is 57.7 Å². The first kappa shape index (κ1) is 60.7. The van der Waals surface area contributed by atoms with E-state index in [0.29, 0.717) is 17.5 Å². The Labute approximate surface area is 437 Å². The van der Waals surface area contributed by atoms with Gasteiger partial charge in [0.05, 0.1) is 13.0 Å². The summed E-state index contributed by atoms with van der Waals surface area (Å²) in [4.78, 5) is 150. The van der Waals surface area contributed by atoms with Crippen LogP contribution in [0.4, 0.5) is 0 Å². The van der Waals surface area contributed by atoms with E-state index < -0.39 is 133 Å². The number of nitrogens with two attached hydrogens (primary N) is 5. The second-order valence-electron chi connectivity index (χ2n) is 17.1. The first-order chi connectivity index (χ1) is 35.1. The predicted molar refractivity (Wildman–Crippen MR) is 275 cm³/mol. The van der Waals surface area contributed by atoms with Crippen LogP contribution in [0.3, 0.4) is 0 Å². The van der Waals surface area contributed by atoms with Gasteiger partial charge in [0.2, 0.25) is 65.0 Å². The second-order valence-corrected chi connectivity index (χ2v) is 18.0. The number of primary amides is 3. The van der Waals surface area contributed by atoms with Crippen molar-refractivity contribution in [1.29, 1.82) is 0 Å². The number of phenolic OH excluding ortho intramolecular Hbond substituents is 1. The number of carbonyl (C=O) groups excluding carboxylic acids is 11. The molecule has 0 bridgehead atoms. The number of aliphatic imine (C=N–C) groups is 1. The average molecular weight is 1070 g/mol. The first-order valence-electron chi connectivity index (χ1n) is 23.5. The SMILES string of the molecule is NC(=O)CCC(NC(=O)C(Cc1ccccc1)NC(=O)C(Cc1ccc(O)cc1)NC(=O)CCS)C(=O)NC(CC(N)=O)C(=O)NC(CS)C(=O)N1CCCC1C(=O)NC(CCCN=C(N)N)C(=O)NCC(N)=O. The predicted octanol–water partition coefficient (Wildman–Crippen LogP) is -4.88. The molecule has 1 aliphatic heterocycles. The van der Waals surface area contributed by atoms with Crippen LogP contribution in [0.25, 0.3) is 0 Å². The maximum Gasteiger partial charge on any atom is 0.246 e. The van der Waals surface area contributed by atoms with Crippen molar-refractivity contribution in [3.8, 4) is 5.75 Å². The lowest BCUT2D eigenvalue weighted by Crippen LogP contribution is -2.61. The van der Waals surface area contributed by atoms with Crippen molar-refractivity contribution in [2.45, 2.75) is 107 Å². The number of guanidine groups is 1. The summed E-state index contributed by atoms with van der Waals surface area (Å²) >= 11 is 8.33. The quantitative estimate of drug-likeness (QED) is 0.0146. The van der Waals surface area contributed by atoms with Crippen molar-refractivity contribution in [2.75, 3.05) is 31.1 Å². The minimum Gasteiger partial charge on any atom is -0.508 e. The fourth-order valence-corrected chi connectivity index (χ4v) is 8.04. The van der Waals surface area contributed by atoms with E-state index in [9.17, 15) is 57.8 Å². The molecule has 26 nitrogen and oxygen atoms in total. The number of nitrogens with one attached hydrogen (secondary N) is 7. The molecule has 1 fully saturated rings. The minimum absolute atomic E-state index is 0.0233. The maximum absolute atomic E-state index is 14.2. The highest BCUT2D eigenvalue weighted by Gasteiger charge is 2.40. The summed E-state index contributed by atoms with van der Waals surface area (Å²) in [7, 11) is 0. The Morgan fingerprint density at radius 2 is 1.18 bits per heavy atom. The number of carbonyl (C=O) groups is 11. The van der Waals surface area contributed by atoms with Crippen LogP contribution >= 0.6 is 25.3 Å². The van der Waals surface area contributed by atoms with Crippen LogP contribution in [0.15, 0.2) is 59.6 Å². The third-order valence-electron chi connectivity index (χ3n) is 11.3. The Morgan fingerprint density at radius 3 is 1.76 bits per heavy atom. The summed E-state index contributed by atoms with van der Waals surface area (Å²) in [6, 6.07) is 4.43. The highest BCUT2D eigenvalue weighted by molar-refractivity contribution is 7.80. The molecule has 7 atom stereocenters. The van der Waals surface area contributed by atoms with Crippen LogP contribution in [0.1, 0.15) is 62.5 Å². The van der Waals surface area contributed by atoms with Crippen LogP contribution in [0.5, 0.6) is 5.75 Å². The normalized spacial score (nSPS) is 15.3. The molecule has 0 radical (unpaired) electrons. The molecule has 18 N–H and O–H groups in total. The number of thiol groups is 2. The highest BCUT2D eigenvalue weighted by atomic mass is 32.1. The van der Waals surface area contributed by atoms with E-state index in [2.05, 4.69) is 67.5 Å². The molecular weight excluding hydrogens is 1000 g/mol. The first-order valence-corrected chi connectivity index (χ1v) is 24.7. The Morgan fingerprint density at radius 1 is 0.622 bits per heavy atom. The third kappa shape index (κ3) is 21.2. The lowest BCUT2D eigenvalue weighted by atomic mass is 10.0. The van der Waals surface area contributed by atoms with Gasteiger partial charge in [-0.1, -0.05) is 42.5 Å². The molecule has 11 amide bonds. The van der Waals surface area contributed by atoms with Crippen molar-refractivity contribution in [1.82, 2.24) is 42.1 Å². The molecule has 3 rings (SSSR count). The lowest BCUT2D eigenvalue weighted by Gasteiger charge is -2.30. The third-order valence-corrected chi connectivity index (χ3v) is 11.9. The fraction of sp³-hybridized carbons (Fsp3) is 0.478. The molecule has 7 unspecified atom stereocenters. The Kier molecular flexibility index (Phi) is 25.5. The number of amides is 11. The molecule has 404 valence electrons. The van der Waals surface area contributed by atoms with Crippen molar-refractivity contribution in [3.05, 3.63) is 65.7 Å². The van der Waals surface area contributed by atoms with Gasteiger partial charge in [-0.2, -0.15) is 25.3 Å². The minimum atomic E-state index is -1.79. The van der Waals surface area contributed by atoms with Crippen molar-refractivity contribution < 1.29 is 57.8 Å². The Hall–Kier alpha value is -7.62. The molecular formula is C46H66N14O12S2. The molecule has 1 saturated heterocycles. The largest absolute Gasteiger partial charge is 0.508 e. The molecule has 2 aromatic carbocycles. The van der Waals surface area contributed by atoms with Crippen LogP contribution in [0.2, 0.25) is 0 Å². The Bertz CT molecular complexity index is 2340. The number of benzene rings is 2. The van der Waals surface area contributed by atoms with Gasteiger partial charge in [-0.25, -0.2) is 0 Å². The van der Waals surface area contributed by atoms with Crippen molar-refractivity contribution in [2.24, 2.45) is 33.7 Å². The van der Waals surface area contributed by atoms with Gasteiger partial charge in [0.25, 0.3) is 0 Å². The summed E-state index contributed by atoms with van der Waals surface area (Å²) in [6.45, 7) is -0.371. The summed E-state index contributed by atoms with van der Waals surface area (Å²) < 4.78 is 0. The van der Waals surface area contributed by atoms with Gasteiger partial charge in [0.15, 0.2) is 5.96 Å². The molecule has 1 heterocycles. The molecule has 28 heteroatoms. The number of hydrogen-bond acceptors (Lipinski definition) is 15. The second kappa shape index (κ2) is 31.1. The number of rotatable bonds is 31. The van der Waals surface area contributed by atoms with E-state index in [-0.39, 0.29) is 74.8 Å². The molecule has 2 aromatic rings. The van der Waals surface area contributed by atoms with Gasteiger partial charge < -0.3 is 75.9 Å². The van der Waals surface area contributed by atoms with E-state index in [4.69, 9.17) is 28.7 Å². The zero-order chi connectivity index (χ0) is 54.9. The van der Waals surface area contributed by atoms with Gasteiger partial charge in [0, 0.05) is 44.5 Å². The molecule has 0 spiro atoms. The van der Waals surface area contributed by atoms with E-state index in [1.165, 1.54) is 17.0 Å². The van der Waals surface area contributed by atoms with Gasteiger partial charge in [-0.05, 0) is 61.1 Å². The average Bonchev–Trinajstić information content (AvgIpc) is 3.85. The zero-order valence-corrected chi connectivity index (χ0v) is 42.2. The van der Waals surface area contributed by atoms with Crippen LogP contribution < -0.4 is 65.9 Å². The van der Waals surface area contributed by atoms with Gasteiger partial charge in [-0.15, -0.1) is 0 Å². The smallest absolute Gasteiger partial charge is 0.246 e. The number of phenols is 1. The monoisotopic (exact) mass is 1070 g/mol. The van der Waals surface area contributed by atoms with Crippen molar-refractivity contribution in [3.63, 3.8) is 0 Å². The molecule has 0 aromatic heterocycles.